The topological polar surface area (TPSA) is 30.5 Å². The molecule has 0 amide bonds. The Morgan fingerprint density at radius 1 is 1.00 bits per heavy atom. The van der Waals surface area contributed by atoms with Crippen molar-refractivity contribution in [1.29, 1.82) is 0 Å². The van der Waals surface area contributed by atoms with Gasteiger partial charge >= 0.3 is 0 Å². The summed E-state index contributed by atoms with van der Waals surface area (Å²) in [5, 5.41) is 3.79. The zero-order chi connectivity index (χ0) is 14.7. The molecule has 1 aromatic rings. The molecular weight excluding hydrogens is 262 g/mol. The van der Waals surface area contributed by atoms with E-state index < -0.39 is 0 Å². The molecule has 3 nitrogen and oxygen atoms in total. The van der Waals surface area contributed by atoms with Crippen LogP contribution in [0.25, 0.3) is 0 Å². The zero-order valence-electron chi connectivity index (χ0n) is 13.3. The summed E-state index contributed by atoms with van der Waals surface area (Å²) in [5.74, 6) is 1.82. The number of hydrogen-bond donors (Lipinski definition) is 1. The van der Waals surface area contributed by atoms with Gasteiger partial charge in [-0.15, -0.1) is 0 Å². The van der Waals surface area contributed by atoms with Gasteiger partial charge in [-0.3, -0.25) is 0 Å². The Kier molecular flexibility index (Phi) is 4.39. The third-order valence-corrected chi connectivity index (χ3v) is 4.85. The van der Waals surface area contributed by atoms with Gasteiger partial charge in [0.15, 0.2) is 11.5 Å². The van der Waals surface area contributed by atoms with Crippen LogP contribution < -0.4 is 14.8 Å². The molecule has 1 fully saturated rings. The van der Waals surface area contributed by atoms with Crippen molar-refractivity contribution in [2.45, 2.75) is 57.9 Å². The Labute approximate surface area is 128 Å². The molecule has 1 saturated heterocycles. The lowest BCUT2D eigenvalue weighted by Gasteiger charge is -2.42. The van der Waals surface area contributed by atoms with Gasteiger partial charge in [0.25, 0.3) is 0 Å². The van der Waals surface area contributed by atoms with Crippen molar-refractivity contribution in [3.05, 3.63) is 23.3 Å². The maximum atomic E-state index is 5.79. The molecule has 1 aromatic carbocycles. The Morgan fingerprint density at radius 3 is 2.33 bits per heavy atom. The van der Waals surface area contributed by atoms with Crippen LogP contribution in [0.15, 0.2) is 12.1 Å². The summed E-state index contributed by atoms with van der Waals surface area (Å²) in [7, 11) is 0. The first-order valence-electron chi connectivity index (χ1n) is 8.43. The summed E-state index contributed by atoms with van der Waals surface area (Å²) >= 11 is 0. The van der Waals surface area contributed by atoms with Crippen molar-refractivity contribution in [1.82, 2.24) is 5.32 Å². The lowest BCUT2D eigenvalue weighted by molar-refractivity contribution is 0.224. The first kappa shape index (κ1) is 14.7. The zero-order valence-corrected chi connectivity index (χ0v) is 13.3. The molecular formula is C18H27NO2. The molecule has 0 aromatic heterocycles. The lowest BCUT2D eigenvalue weighted by Crippen LogP contribution is -2.52. The van der Waals surface area contributed by atoms with E-state index in [0.29, 0.717) is 18.8 Å². The molecule has 0 bridgehead atoms. The summed E-state index contributed by atoms with van der Waals surface area (Å²) in [6.45, 7) is 6.59. The van der Waals surface area contributed by atoms with Gasteiger partial charge in [0.2, 0.25) is 0 Å². The second-order valence-corrected chi connectivity index (χ2v) is 6.27. The van der Waals surface area contributed by atoms with E-state index in [4.69, 9.17) is 9.47 Å². The van der Waals surface area contributed by atoms with Crippen molar-refractivity contribution in [3.8, 4) is 11.5 Å². The molecule has 1 aliphatic carbocycles. The monoisotopic (exact) mass is 289 g/mol. The van der Waals surface area contributed by atoms with Crippen LogP contribution in [0.2, 0.25) is 0 Å². The largest absolute Gasteiger partial charge is 0.490 e. The van der Waals surface area contributed by atoms with E-state index in [2.05, 4.69) is 17.4 Å². The van der Waals surface area contributed by atoms with E-state index in [1.807, 2.05) is 13.8 Å². The number of rotatable bonds is 4. The van der Waals surface area contributed by atoms with Gasteiger partial charge in [-0.2, -0.15) is 0 Å². The SMILES string of the molecule is CCOc1cc2c(cc1OCC)CC1(CCCCN1)CC2. The van der Waals surface area contributed by atoms with Crippen molar-refractivity contribution in [3.63, 3.8) is 0 Å². The number of hydrogen-bond acceptors (Lipinski definition) is 3. The second kappa shape index (κ2) is 6.27. The van der Waals surface area contributed by atoms with Crippen LogP contribution in [-0.4, -0.2) is 25.3 Å². The minimum Gasteiger partial charge on any atom is -0.490 e. The maximum Gasteiger partial charge on any atom is 0.161 e. The third kappa shape index (κ3) is 3.03. The van der Waals surface area contributed by atoms with Crippen molar-refractivity contribution in [2.75, 3.05) is 19.8 Å². The molecule has 1 unspecified atom stereocenters. The molecule has 3 heteroatoms. The Bertz CT molecular complexity index is 492. The Morgan fingerprint density at radius 2 is 1.71 bits per heavy atom. The fraction of sp³-hybridized carbons (Fsp3) is 0.667. The highest BCUT2D eigenvalue weighted by molar-refractivity contribution is 5.49. The van der Waals surface area contributed by atoms with E-state index in [1.54, 1.807) is 0 Å². The van der Waals surface area contributed by atoms with Crippen LogP contribution in [0.5, 0.6) is 11.5 Å². The molecule has 1 aliphatic heterocycles. The average Bonchev–Trinajstić information content (AvgIpc) is 2.50. The van der Waals surface area contributed by atoms with Gasteiger partial charge in [0.05, 0.1) is 13.2 Å². The van der Waals surface area contributed by atoms with Crippen LogP contribution in [0.1, 0.15) is 50.7 Å². The van der Waals surface area contributed by atoms with E-state index in [9.17, 15) is 0 Å². The van der Waals surface area contributed by atoms with Crippen LogP contribution in [0.3, 0.4) is 0 Å². The van der Waals surface area contributed by atoms with Gasteiger partial charge in [-0.25, -0.2) is 0 Å². The molecule has 1 heterocycles. The highest BCUT2D eigenvalue weighted by Crippen LogP contribution is 2.39. The van der Waals surface area contributed by atoms with E-state index in [0.717, 1.165) is 24.3 Å². The quantitative estimate of drug-likeness (QED) is 0.920. The van der Waals surface area contributed by atoms with Crippen molar-refractivity contribution in [2.24, 2.45) is 0 Å². The summed E-state index contributed by atoms with van der Waals surface area (Å²) in [6.07, 6.45) is 7.52. The number of aryl methyl sites for hydroxylation is 1. The first-order chi connectivity index (χ1) is 10.3. The normalized spacial score (nSPS) is 24.7. The number of piperidine rings is 1. The summed E-state index contributed by atoms with van der Waals surface area (Å²) in [6, 6.07) is 4.43. The molecule has 1 atom stereocenters. The summed E-state index contributed by atoms with van der Waals surface area (Å²) < 4.78 is 11.5. The molecule has 1 N–H and O–H groups in total. The van der Waals surface area contributed by atoms with Crippen molar-refractivity contribution < 1.29 is 9.47 Å². The summed E-state index contributed by atoms with van der Waals surface area (Å²) in [4.78, 5) is 0. The smallest absolute Gasteiger partial charge is 0.161 e. The second-order valence-electron chi connectivity index (χ2n) is 6.27. The van der Waals surface area contributed by atoms with Gasteiger partial charge in [0, 0.05) is 5.54 Å². The van der Waals surface area contributed by atoms with Gasteiger partial charge in [-0.1, -0.05) is 6.42 Å². The maximum absolute atomic E-state index is 5.79. The fourth-order valence-electron chi connectivity index (χ4n) is 3.80. The first-order valence-corrected chi connectivity index (χ1v) is 8.43. The fourth-order valence-corrected chi connectivity index (χ4v) is 3.80. The van der Waals surface area contributed by atoms with Gasteiger partial charge in [-0.05, 0) is 75.8 Å². The molecule has 3 rings (SSSR count). The number of ether oxygens (including phenoxy) is 2. The molecule has 0 saturated carbocycles. The Balaban J connectivity index is 1.88. The molecule has 21 heavy (non-hydrogen) atoms. The summed E-state index contributed by atoms with van der Waals surface area (Å²) in [5.41, 5.74) is 3.23. The molecule has 1 spiro atoms. The lowest BCUT2D eigenvalue weighted by atomic mass is 9.73. The van der Waals surface area contributed by atoms with E-state index >= 15 is 0 Å². The highest BCUT2D eigenvalue weighted by Gasteiger charge is 2.35. The highest BCUT2D eigenvalue weighted by atomic mass is 16.5. The number of benzene rings is 1. The molecule has 0 radical (unpaired) electrons. The van der Waals surface area contributed by atoms with E-state index in [1.165, 1.54) is 43.4 Å². The standard InChI is InChI=1S/C18H27NO2/c1-3-20-16-11-14-7-9-18(8-5-6-10-19-18)13-15(14)12-17(16)21-4-2/h11-12,19H,3-10,13H2,1-2H3. The minimum absolute atomic E-state index is 0.335. The van der Waals surface area contributed by atoms with Crippen molar-refractivity contribution >= 4 is 0 Å². The third-order valence-electron chi connectivity index (χ3n) is 4.85. The molecule has 2 aliphatic rings. The Hall–Kier alpha value is -1.22. The number of fused-ring (bicyclic) bond motifs is 1. The van der Waals surface area contributed by atoms with E-state index in [-0.39, 0.29) is 0 Å². The average molecular weight is 289 g/mol. The predicted molar refractivity (Wildman–Crippen MR) is 85.4 cm³/mol. The predicted octanol–water partition coefficient (Wildman–Crippen LogP) is 3.49. The minimum atomic E-state index is 0.335. The van der Waals surface area contributed by atoms with Crippen LogP contribution >= 0.6 is 0 Å². The molecule has 116 valence electrons. The van der Waals surface area contributed by atoms with Gasteiger partial charge in [0.1, 0.15) is 0 Å². The van der Waals surface area contributed by atoms with Crippen LogP contribution in [0.4, 0.5) is 0 Å². The van der Waals surface area contributed by atoms with Crippen LogP contribution in [-0.2, 0) is 12.8 Å². The number of nitrogens with one attached hydrogen (secondary N) is 1. The van der Waals surface area contributed by atoms with Crippen LogP contribution in [0, 0.1) is 0 Å². The van der Waals surface area contributed by atoms with Gasteiger partial charge < -0.3 is 14.8 Å².